The molecule has 2 aliphatic rings. The largest absolute Gasteiger partial charge is 0.378 e. The Morgan fingerprint density at radius 3 is 2.92 bits per heavy atom. The first-order valence-electron chi connectivity index (χ1n) is 9.12. The fourth-order valence-electron chi connectivity index (χ4n) is 4.16. The predicted octanol–water partition coefficient (Wildman–Crippen LogP) is 1.93. The summed E-state index contributed by atoms with van der Waals surface area (Å²) in [6.07, 6.45) is 3.37. The zero-order chi connectivity index (χ0) is 18.0. The molecule has 3 heterocycles. The third-order valence-electron chi connectivity index (χ3n) is 5.72. The molecule has 2 aliphatic heterocycles. The van der Waals surface area contributed by atoms with Crippen molar-refractivity contribution >= 4 is 6.03 Å². The normalized spacial score (nSPS) is 26.5. The van der Waals surface area contributed by atoms with E-state index in [0.29, 0.717) is 12.6 Å². The summed E-state index contributed by atoms with van der Waals surface area (Å²) in [5.41, 5.74) is 2.32. The van der Waals surface area contributed by atoms with Gasteiger partial charge in [-0.25, -0.2) is 4.79 Å². The minimum absolute atomic E-state index is 0.0322. The molecule has 2 atom stereocenters. The third-order valence-corrected chi connectivity index (χ3v) is 5.72. The van der Waals surface area contributed by atoms with Crippen molar-refractivity contribution in [1.29, 1.82) is 0 Å². The number of aromatic nitrogens is 1. The Kier molecular flexibility index (Phi) is 5.34. The molecule has 140 valence electrons. The van der Waals surface area contributed by atoms with Crippen LogP contribution in [0.5, 0.6) is 0 Å². The molecule has 0 spiro atoms. The number of fused-ring (bicyclic) bond motifs is 1. The van der Waals surface area contributed by atoms with Gasteiger partial charge in [-0.05, 0) is 33.1 Å². The van der Waals surface area contributed by atoms with Gasteiger partial charge in [-0.15, -0.1) is 0 Å². The van der Waals surface area contributed by atoms with Gasteiger partial charge in [0.05, 0.1) is 11.8 Å². The quantitative estimate of drug-likeness (QED) is 0.879. The Balaban J connectivity index is 1.63. The van der Waals surface area contributed by atoms with Gasteiger partial charge in [0.1, 0.15) is 5.76 Å². The smallest absolute Gasteiger partial charge is 0.316 e. The number of amides is 2. The maximum Gasteiger partial charge on any atom is 0.316 e. The van der Waals surface area contributed by atoms with Crippen LogP contribution in [-0.2, 0) is 11.3 Å². The molecule has 2 fully saturated rings. The van der Waals surface area contributed by atoms with Crippen LogP contribution in [0.25, 0.3) is 0 Å². The molecule has 1 N–H and O–H groups in total. The lowest BCUT2D eigenvalue weighted by atomic mass is 9.74. The van der Waals surface area contributed by atoms with E-state index in [2.05, 4.69) is 15.4 Å². The average molecular weight is 350 g/mol. The summed E-state index contributed by atoms with van der Waals surface area (Å²) in [6.45, 7) is 8.40. The number of carbonyl (C=O) groups is 1. The number of piperidine rings is 1. The second-order valence-corrected chi connectivity index (χ2v) is 7.65. The van der Waals surface area contributed by atoms with Crippen LogP contribution in [0.3, 0.4) is 0 Å². The Bertz CT molecular complexity index is 596. The SMILES string of the molecule is Cc1noc(C)c1CN1CC[C@@H]2OCC[C@]2(CCNC(=O)N(C)C)C1. The summed E-state index contributed by atoms with van der Waals surface area (Å²) < 4.78 is 11.3. The Morgan fingerprint density at radius 2 is 2.24 bits per heavy atom. The van der Waals surface area contributed by atoms with Crippen LogP contribution in [-0.4, -0.2) is 67.4 Å². The summed E-state index contributed by atoms with van der Waals surface area (Å²) in [7, 11) is 3.53. The predicted molar refractivity (Wildman–Crippen MR) is 94.4 cm³/mol. The summed E-state index contributed by atoms with van der Waals surface area (Å²) >= 11 is 0. The lowest BCUT2D eigenvalue weighted by Crippen LogP contribution is -2.50. The molecule has 25 heavy (non-hydrogen) atoms. The van der Waals surface area contributed by atoms with Crippen LogP contribution in [0.4, 0.5) is 4.79 Å². The topological polar surface area (TPSA) is 70.8 Å². The van der Waals surface area contributed by atoms with Crippen LogP contribution in [0.15, 0.2) is 4.52 Å². The molecule has 7 nitrogen and oxygen atoms in total. The highest BCUT2D eigenvalue weighted by molar-refractivity contribution is 5.73. The van der Waals surface area contributed by atoms with E-state index < -0.39 is 0 Å². The van der Waals surface area contributed by atoms with E-state index in [9.17, 15) is 4.79 Å². The van der Waals surface area contributed by atoms with E-state index in [1.54, 1.807) is 19.0 Å². The lowest BCUT2D eigenvalue weighted by molar-refractivity contribution is -0.0241. The van der Waals surface area contributed by atoms with Crippen molar-refractivity contribution in [2.75, 3.05) is 40.3 Å². The molecule has 0 aromatic carbocycles. The van der Waals surface area contributed by atoms with Crippen LogP contribution in [0.2, 0.25) is 0 Å². The maximum atomic E-state index is 11.8. The Morgan fingerprint density at radius 1 is 1.44 bits per heavy atom. The third kappa shape index (κ3) is 3.82. The van der Waals surface area contributed by atoms with E-state index in [0.717, 1.165) is 57.0 Å². The number of nitrogens with one attached hydrogen (secondary N) is 1. The first-order valence-corrected chi connectivity index (χ1v) is 9.12. The number of ether oxygens (including phenoxy) is 1. The molecule has 1 aromatic heterocycles. The van der Waals surface area contributed by atoms with Crippen molar-refractivity contribution in [2.45, 2.75) is 45.8 Å². The van der Waals surface area contributed by atoms with Crippen molar-refractivity contribution in [2.24, 2.45) is 5.41 Å². The first-order chi connectivity index (χ1) is 11.9. The molecule has 0 bridgehead atoms. The van der Waals surface area contributed by atoms with Crippen LogP contribution in [0.1, 0.15) is 36.3 Å². The number of aryl methyl sites for hydroxylation is 2. The molecule has 0 aliphatic carbocycles. The minimum atomic E-state index is -0.0322. The molecule has 0 radical (unpaired) electrons. The molecule has 0 saturated carbocycles. The summed E-state index contributed by atoms with van der Waals surface area (Å²) in [5, 5.41) is 7.08. The molecule has 2 amide bonds. The molecular weight excluding hydrogens is 320 g/mol. The van der Waals surface area contributed by atoms with Crippen molar-refractivity contribution in [3.8, 4) is 0 Å². The number of likely N-dealkylation sites (tertiary alicyclic amines) is 1. The minimum Gasteiger partial charge on any atom is -0.378 e. The summed E-state index contributed by atoms with van der Waals surface area (Å²) in [4.78, 5) is 15.8. The van der Waals surface area contributed by atoms with Gasteiger partial charge in [0.2, 0.25) is 0 Å². The van der Waals surface area contributed by atoms with Gasteiger partial charge in [0.25, 0.3) is 0 Å². The van der Waals surface area contributed by atoms with Gasteiger partial charge in [-0.2, -0.15) is 0 Å². The van der Waals surface area contributed by atoms with E-state index in [1.165, 1.54) is 5.56 Å². The Hall–Kier alpha value is -1.60. The molecule has 0 unspecified atom stereocenters. The molecular formula is C18H30N4O3. The number of nitrogens with zero attached hydrogens (tertiary/aromatic N) is 3. The fourth-order valence-corrected chi connectivity index (χ4v) is 4.16. The second-order valence-electron chi connectivity index (χ2n) is 7.65. The highest BCUT2D eigenvalue weighted by atomic mass is 16.5. The van der Waals surface area contributed by atoms with Gasteiger partial charge in [-0.3, -0.25) is 4.90 Å². The van der Waals surface area contributed by atoms with E-state index in [-0.39, 0.29) is 11.4 Å². The highest BCUT2D eigenvalue weighted by Crippen LogP contribution is 2.43. The monoisotopic (exact) mass is 350 g/mol. The summed E-state index contributed by atoms with van der Waals surface area (Å²) in [5.74, 6) is 0.912. The number of urea groups is 1. The van der Waals surface area contributed by atoms with Gasteiger partial charge in [0.15, 0.2) is 0 Å². The average Bonchev–Trinajstić information content (AvgIpc) is 3.12. The number of hydrogen-bond acceptors (Lipinski definition) is 5. The molecule has 3 rings (SSSR count). The van der Waals surface area contributed by atoms with E-state index in [1.807, 2.05) is 13.8 Å². The molecule has 2 saturated heterocycles. The van der Waals surface area contributed by atoms with Crippen molar-refractivity contribution in [3.05, 3.63) is 17.0 Å². The van der Waals surface area contributed by atoms with Crippen LogP contribution < -0.4 is 5.32 Å². The van der Waals surface area contributed by atoms with Crippen LogP contribution >= 0.6 is 0 Å². The van der Waals surface area contributed by atoms with Crippen molar-refractivity contribution < 1.29 is 14.1 Å². The zero-order valence-corrected chi connectivity index (χ0v) is 15.8. The summed E-state index contributed by atoms with van der Waals surface area (Å²) in [6, 6.07) is -0.0322. The van der Waals surface area contributed by atoms with Crippen molar-refractivity contribution in [1.82, 2.24) is 20.3 Å². The van der Waals surface area contributed by atoms with Crippen molar-refractivity contribution in [3.63, 3.8) is 0 Å². The van der Waals surface area contributed by atoms with Gasteiger partial charge >= 0.3 is 6.03 Å². The fraction of sp³-hybridized carbons (Fsp3) is 0.778. The maximum absolute atomic E-state index is 11.8. The number of carbonyl (C=O) groups excluding carboxylic acids is 1. The molecule has 7 heteroatoms. The second kappa shape index (κ2) is 7.33. The van der Waals surface area contributed by atoms with Gasteiger partial charge < -0.3 is 19.5 Å². The first kappa shape index (κ1) is 18.2. The zero-order valence-electron chi connectivity index (χ0n) is 15.8. The molecule has 1 aromatic rings. The standard InChI is InChI=1S/C18H30N4O3/c1-13-15(14(2)25-20-13)11-22-9-5-16-18(12-22,7-10-24-16)6-8-19-17(23)21(3)4/h16H,5-12H2,1-4H3,(H,19,23)/t16-,18+/m0/s1. The number of rotatable bonds is 5. The number of hydrogen-bond donors (Lipinski definition) is 1. The van der Waals surface area contributed by atoms with E-state index >= 15 is 0 Å². The van der Waals surface area contributed by atoms with Crippen LogP contribution in [0, 0.1) is 19.3 Å². The van der Waals surface area contributed by atoms with Gasteiger partial charge in [-0.1, -0.05) is 5.16 Å². The Labute approximate surface area is 149 Å². The van der Waals surface area contributed by atoms with Gasteiger partial charge in [0, 0.05) is 57.9 Å². The van der Waals surface area contributed by atoms with E-state index in [4.69, 9.17) is 9.26 Å². The lowest BCUT2D eigenvalue weighted by Gasteiger charge is -2.44. The highest BCUT2D eigenvalue weighted by Gasteiger charge is 2.47.